The number of carbonyl (C=O) groups is 1. The van der Waals surface area contributed by atoms with E-state index in [9.17, 15) is 13.2 Å². The molecule has 0 radical (unpaired) electrons. The second kappa shape index (κ2) is 10.3. The van der Waals surface area contributed by atoms with E-state index in [-0.39, 0.29) is 10.8 Å². The Kier molecular flexibility index (Phi) is 7.69. The van der Waals surface area contributed by atoms with Crippen LogP contribution in [0.15, 0.2) is 53.4 Å². The molecular weight excluding hydrogens is 412 g/mol. The van der Waals surface area contributed by atoms with Crippen LogP contribution in [0, 0.1) is 0 Å². The summed E-state index contributed by atoms with van der Waals surface area (Å²) >= 11 is 0. The summed E-state index contributed by atoms with van der Waals surface area (Å²) in [6.45, 7) is 8.58. The van der Waals surface area contributed by atoms with Crippen LogP contribution in [0.5, 0.6) is 0 Å². The van der Waals surface area contributed by atoms with Crippen LogP contribution < -0.4 is 10.2 Å². The largest absolute Gasteiger partial charge is 0.375 e. The minimum absolute atomic E-state index is 0.226. The van der Waals surface area contributed by atoms with Crippen LogP contribution in [0.4, 0.5) is 11.4 Å². The predicted octanol–water partition coefficient (Wildman–Crippen LogP) is 3.11. The highest BCUT2D eigenvalue weighted by Crippen LogP contribution is 2.21. The first-order valence-corrected chi connectivity index (χ1v) is 12.2. The third-order valence-electron chi connectivity index (χ3n) is 5.66. The first-order chi connectivity index (χ1) is 14.8. The zero-order valence-corrected chi connectivity index (χ0v) is 19.4. The summed E-state index contributed by atoms with van der Waals surface area (Å²) in [6.07, 6.45) is 1.05. The number of nitrogens with zero attached hydrogens (tertiary/aromatic N) is 3. The molecule has 1 saturated heterocycles. The topological polar surface area (TPSA) is 73.0 Å². The zero-order valence-electron chi connectivity index (χ0n) is 18.5. The normalized spacial score (nSPS) is 15.6. The summed E-state index contributed by atoms with van der Waals surface area (Å²) in [5.74, 6) is -0.226. The lowest BCUT2D eigenvalue weighted by Gasteiger charge is -2.33. The number of amides is 1. The van der Waals surface area contributed by atoms with Gasteiger partial charge in [0, 0.05) is 56.7 Å². The molecule has 0 atom stereocenters. The van der Waals surface area contributed by atoms with Crippen LogP contribution >= 0.6 is 0 Å². The molecule has 3 rings (SSSR count). The van der Waals surface area contributed by atoms with Gasteiger partial charge in [-0.1, -0.05) is 13.8 Å². The van der Waals surface area contributed by atoms with Crippen molar-refractivity contribution in [1.29, 1.82) is 0 Å². The van der Waals surface area contributed by atoms with Crippen molar-refractivity contribution in [3.63, 3.8) is 0 Å². The fraction of sp³-hybridized carbons (Fsp3) is 0.435. The van der Waals surface area contributed by atoms with E-state index in [4.69, 9.17) is 0 Å². The van der Waals surface area contributed by atoms with Crippen molar-refractivity contribution in [2.75, 3.05) is 56.5 Å². The van der Waals surface area contributed by atoms with Gasteiger partial charge in [0.15, 0.2) is 0 Å². The summed E-state index contributed by atoms with van der Waals surface area (Å²) in [6, 6.07) is 13.8. The third-order valence-corrected chi connectivity index (χ3v) is 7.57. The maximum atomic E-state index is 12.9. The summed E-state index contributed by atoms with van der Waals surface area (Å²) in [7, 11) is -1.49. The molecule has 0 saturated carbocycles. The highest BCUT2D eigenvalue weighted by atomic mass is 32.2. The lowest BCUT2D eigenvalue weighted by atomic mass is 10.1. The van der Waals surface area contributed by atoms with E-state index >= 15 is 0 Å². The number of sulfonamides is 1. The van der Waals surface area contributed by atoms with Gasteiger partial charge in [-0.2, -0.15) is 4.31 Å². The molecular formula is C23H32N4O3S. The van der Waals surface area contributed by atoms with Gasteiger partial charge < -0.3 is 15.1 Å². The monoisotopic (exact) mass is 444 g/mol. The highest BCUT2D eigenvalue weighted by Gasteiger charge is 2.27. The van der Waals surface area contributed by atoms with Gasteiger partial charge in [0.05, 0.1) is 4.90 Å². The average molecular weight is 445 g/mol. The van der Waals surface area contributed by atoms with E-state index in [0.29, 0.717) is 24.3 Å². The Bertz CT molecular complexity index is 967. The number of hydrogen-bond acceptors (Lipinski definition) is 5. The quantitative estimate of drug-likeness (QED) is 0.677. The van der Waals surface area contributed by atoms with Crippen LogP contribution in [-0.4, -0.2) is 69.8 Å². The molecule has 168 valence electrons. The van der Waals surface area contributed by atoms with Crippen molar-refractivity contribution in [1.82, 2.24) is 9.21 Å². The van der Waals surface area contributed by atoms with E-state index in [0.717, 1.165) is 38.3 Å². The van der Waals surface area contributed by atoms with Crippen molar-refractivity contribution < 1.29 is 13.2 Å². The van der Waals surface area contributed by atoms with Crippen LogP contribution in [-0.2, 0) is 10.0 Å². The van der Waals surface area contributed by atoms with Gasteiger partial charge in [0.1, 0.15) is 0 Å². The van der Waals surface area contributed by atoms with Crippen LogP contribution in [0.1, 0.15) is 30.6 Å². The maximum Gasteiger partial charge on any atom is 0.255 e. The zero-order chi connectivity index (χ0) is 22.4. The molecule has 0 unspecified atom stereocenters. The summed E-state index contributed by atoms with van der Waals surface area (Å²) in [4.78, 5) is 17.2. The number of anilines is 2. The van der Waals surface area contributed by atoms with Crippen molar-refractivity contribution in [3.8, 4) is 0 Å². The number of benzene rings is 2. The fourth-order valence-corrected chi connectivity index (χ4v) is 5.10. The SMILES string of the molecule is CCCN(C)c1ccc(C(=O)Nc2ccc(S(=O)(=O)N3CCN(CC)CC3)cc2)cc1. The Morgan fingerprint density at radius 3 is 2.13 bits per heavy atom. The van der Waals surface area contributed by atoms with Crippen LogP contribution in [0.3, 0.4) is 0 Å². The van der Waals surface area contributed by atoms with Crippen molar-refractivity contribution in [3.05, 3.63) is 54.1 Å². The van der Waals surface area contributed by atoms with E-state index in [1.54, 1.807) is 36.4 Å². The van der Waals surface area contributed by atoms with Gasteiger partial charge in [0.25, 0.3) is 5.91 Å². The molecule has 1 fully saturated rings. The molecule has 0 aliphatic carbocycles. The molecule has 1 N–H and O–H groups in total. The number of rotatable bonds is 8. The molecule has 31 heavy (non-hydrogen) atoms. The molecule has 8 heteroatoms. The molecule has 2 aromatic carbocycles. The van der Waals surface area contributed by atoms with Crippen molar-refractivity contribution >= 4 is 27.3 Å². The standard InChI is InChI=1S/C23H32N4O3S/c1-4-14-25(3)21-10-6-19(7-11-21)23(28)24-20-8-12-22(13-9-20)31(29,30)27-17-15-26(5-2)16-18-27/h6-13H,4-5,14-18H2,1-3H3,(H,24,28). The number of likely N-dealkylation sites (N-methyl/N-ethyl adjacent to an activating group) is 1. The Hall–Kier alpha value is -2.42. The first-order valence-electron chi connectivity index (χ1n) is 10.8. The molecule has 0 spiro atoms. The molecule has 1 aliphatic rings. The van der Waals surface area contributed by atoms with Gasteiger partial charge in [-0.15, -0.1) is 0 Å². The molecule has 2 aromatic rings. The first kappa shape index (κ1) is 23.2. The molecule has 1 aliphatic heterocycles. The van der Waals surface area contributed by atoms with Gasteiger partial charge in [0.2, 0.25) is 10.0 Å². The second-order valence-electron chi connectivity index (χ2n) is 7.79. The maximum absolute atomic E-state index is 12.9. The van der Waals surface area contributed by atoms with Gasteiger partial charge in [-0.3, -0.25) is 4.79 Å². The van der Waals surface area contributed by atoms with E-state index in [2.05, 4.69) is 29.0 Å². The average Bonchev–Trinajstić information content (AvgIpc) is 2.79. The van der Waals surface area contributed by atoms with Gasteiger partial charge in [-0.05, 0) is 61.5 Å². The summed E-state index contributed by atoms with van der Waals surface area (Å²) < 4.78 is 27.3. The fourth-order valence-electron chi connectivity index (χ4n) is 3.68. The Morgan fingerprint density at radius 2 is 1.58 bits per heavy atom. The van der Waals surface area contributed by atoms with Gasteiger partial charge in [-0.25, -0.2) is 8.42 Å². The number of carbonyl (C=O) groups excluding carboxylic acids is 1. The number of hydrogen-bond donors (Lipinski definition) is 1. The molecule has 0 bridgehead atoms. The van der Waals surface area contributed by atoms with Crippen LogP contribution in [0.25, 0.3) is 0 Å². The minimum Gasteiger partial charge on any atom is -0.375 e. The summed E-state index contributed by atoms with van der Waals surface area (Å²) in [5, 5.41) is 2.84. The Morgan fingerprint density at radius 1 is 0.968 bits per heavy atom. The summed E-state index contributed by atoms with van der Waals surface area (Å²) in [5.41, 5.74) is 2.18. The molecule has 0 aromatic heterocycles. The van der Waals surface area contributed by atoms with Gasteiger partial charge >= 0.3 is 0 Å². The van der Waals surface area contributed by atoms with E-state index < -0.39 is 10.0 Å². The smallest absolute Gasteiger partial charge is 0.255 e. The van der Waals surface area contributed by atoms with Crippen molar-refractivity contribution in [2.45, 2.75) is 25.2 Å². The molecule has 1 heterocycles. The van der Waals surface area contributed by atoms with E-state index in [1.165, 1.54) is 4.31 Å². The predicted molar refractivity (Wildman–Crippen MR) is 125 cm³/mol. The number of nitrogens with one attached hydrogen (secondary N) is 1. The Balaban J connectivity index is 1.63. The van der Waals surface area contributed by atoms with Crippen LogP contribution in [0.2, 0.25) is 0 Å². The minimum atomic E-state index is -3.52. The lowest BCUT2D eigenvalue weighted by Crippen LogP contribution is -2.48. The lowest BCUT2D eigenvalue weighted by molar-refractivity contribution is 0.102. The molecule has 7 nitrogen and oxygen atoms in total. The Labute approximate surface area is 185 Å². The van der Waals surface area contributed by atoms with E-state index in [1.807, 2.05) is 19.2 Å². The van der Waals surface area contributed by atoms with Crippen molar-refractivity contribution in [2.24, 2.45) is 0 Å². The highest BCUT2D eigenvalue weighted by molar-refractivity contribution is 7.89. The number of piperazine rings is 1. The third kappa shape index (κ3) is 5.64. The second-order valence-corrected chi connectivity index (χ2v) is 9.72. The molecule has 1 amide bonds.